The molecule has 0 bridgehead atoms. The number of aromatic nitrogens is 2. The molecule has 1 fully saturated rings. The molecule has 0 unspecified atom stereocenters. The topological polar surface area (TPSA) is 149 Å². The normalized spacial score (nSPS) is 17.1. The van der Waals surface area contributed by atoms with E-state index < -0.39 is 40.3 Å². The molecule has 10 rings (SSSR count). The van der Waals surface area contributed by atoms with Crippen LogP contribution in [0.1, 0.15) is 39.1 Å². The Balaban J connectivity index is 1.08. The summed E-state index contributed by atoms with van der Waals surface area (Å²) >= 11 is 11.2. The van der Waals surface area contributed by atoms with E-state index in [1.807, 2.05) is 156 Å². The van der Waals surface area contributed by atoms with Gasteiger partial charge >= 0.3 is 5.97 Å². The largest absolute Gasteiger partial charge is 0.477 e. The number of hydrogen-bond donors (Lipinski definition) is 3. The molecule has 2 amide bonds. The Hall–Kier alpha value is -6.66. The molecule has 0 spiro atoms. The van der Waals surface area contributed by atoms with Gasteiger partial charge in [0, 0.05) is 32.8 Å². The van der Waals surface area contributed by atoms with Crippen LogP contribution in [0.4, 0.5) is 0 Å². The zero-order valence-electron chi connectivity index (χ0n) is 37.0. The summed E-state index contributed by atoms with van der Waals surface area (Å²) in [5.74, 6) is -1.82. The van der Waals surface area contributed by atoms with Gasteiger partial charge in [0.2, 0.25) is 5.60 Å². The van der Waals surface area contributed by atoms with Gasteiger partial charge in [0.05, 0.1) is 17.5 Å². The minimum atomic E-state index is -1.36. The van der Waals surface area contributed by atoms with Crippen LogP contribution in [0, 0.1) is 0 Å². The number of carboxylic acid groups (broad SMARTS) is 1. The monoisotopic (exact) mass is 1020 g/mol. The van der Waals surface area contributed by atoms with E-state index in [1.54, 1.807) is 0 Å². The van der Waals surface area contributed by atoms with Crippen molar-refractivity contribution in [2.24, 2.45) is 5.16 Å². The number of carboxylic acids is 1. The van der Waals surface area contributed by atoms with Gasteiger partial charge in [-0.25, -0.2) is 10.2 Å². The molecule has 12 nitrogen and oxygen atoms in total. The molecule has 0 aliphatic carbocycles. The Labute approximate surface area is 426 Å². The second kappa shape index (κ2) is 20.7. The van der Waals surface area contributed by atoms with E-state index in [-0.39, 0.29) is 23.0 Å². The lowest BCUT2D eigenvalue weighted by Gasteiger charge is -2.49. The molecule has 3 aliphatic heterocycles. The van der Waals surface area contributed by atoms with Gasteiger partial charge in [-0.3, -0.25) is 19.5 Å². The first-order valence-electron chi connectivity index (χ1n) is 22.1. The summed E-state index contributed by atoms with van der Waals surface area (Å²) in [7, 11) is 0. The van der Waals surface area contributed by atoms with Crippen molar-refractivity contribution in [3.05, 3.63) is 243 Å². The van der Waals surface area contributed by atoms with Crippen LogP contribution in [0.3, 0.4) is 0 Å². The van der Waals surface area contributed by atoms with Crippen LogP contribution in [0.5, 0.6) is 0 Å². The second-order valence-electron chi connectivity index (χ2n) is 16.2. The summed E-state index contributed by atoms with van der Waals surface area (Å²) in [5, 5.41) is 25.6. The molecule has 2 atom stereocenters. The number of alkyl halides is 1. The molecule has 6 aromatic carbocycles. The molecule has 0 radical (unpaired) electrons. The number of nitrogens with zero attached hydrogens (tertiary/aromatic N) is 5. The van der Waals surface area contributed by atoms with Crippen molar-refractivity contribution in [3.63, 3.8) is 0 Å². The van der Waals surface area contributed by atoms with Crippen LogP contribution in [0.2, 0.25) is 0 Å². The average molecular weight is 1020 g/mol. The van der Waals surface area contributed by atoms with Gasteiger partial charge in [0.1, 0.15) is 32.6 Å². The van der Waals surface area contributed by atoms with Crippen molar-refractivity contribution in [2.45, 2.75) is 32.6 Å². The first kappa shape index (κ1) is 47.0. The highest BCUT2D eigenvalue weighted by Gasteiger charge is 2.55. The fraction of sp³-hybridized carbons (Fsp3) is 0.132. The Morgan fingerprint density at radius 3 is 1.71 bits per heavy atom. The molecular weight excluding hydrogens is 978 g/mol. The maximum Gasteiger partial charge on any atom is 0.353 e. The number of benzene rings is 6. The fourth-order valence-electron chi connectivity index (χ4n) is 8.91. The van der Waals surface area contributed by atoms with Gasteiger partial charge in [-0.15, -0.1) is 40.2 Å². The minimum Gasteiger partial charge on any atom is -0.477 e. The van der Waals surface area contributed by atoms with E-state index in [0.29, 0.717) is 26.4 Å². The number of hydrogen-bond acceptors (Lipinski definition) is 13. The number of carbonyl (C=O) groups is 3. The summed E-state index contributed by atoms with van der Waals surface area (Å²) < 4.78 is 4.63. The highest BCUT2D eigenvalue weighted by Crippen LogP contribution is 2.47. The molecule has 4 heterocycles. The van der Waals surface area contributed by atoms with Gasteiger partial charge in [-0.05, 0) is 28.2 Å². The second-order valence-corrected chi connectivity index (χ2v) is 20.5. The number of hydrazine groups is 1. The quantitative estimate of drug-likeness (QED) is 0.0262. The number of amides is 2. The lowest BCUT2D eigenvalue weighted by atomic mass is 9.77. The molecule has 1 saturated heterocycles. The Morgan fingerprint density at radius 2 is 1.24 bits per heavy atom. The third-order valence-electron chi connectivity index (χ3n) is 12.2. The fourth-order valence-corrected chi connectivity index (χ4v) is 13.4. The van der Waals surface area contributed by atoms with Crippen molar-refractivity contribution in [3.8, 4) is 0 Å². The molecule has 70 heavy (non-hydrogen) atoms. The maximum absolute atomic E-state index is 15.4. The van der Waals surface area contributed by atoms with Gasteiger partial charge in [0.15, 0.2) is 5.71 Å². The van der Waals surface area contributed by atoms with Crippen LogP contribution in [-0.4, -0.2) is 71.1 Å². The van der Waals surface area contributed by atoms with E-state index in [1.165, 1.54) is 40.2 Å². The molecule has 0 saturated carbocycles. The summed E-state index contributed by atoms with van der Waals surface area (Å²) in [6.07, 6.45) is 0. The zero-order valence-corrected chi connectivity index (χ0v) is 41.0. The van der Waals surface area contributed by atoms with Gasteiger partial charge in [-0.1, -0.05) is 203 Å². The molecule has 1 aromatic heterocycles. The smallest absolute Gasteiger partial charge is 0.353 e. The predicted octanol–water partition coefficient (Wildman–Crippen LogP) is 9.77. The SMILES string of the molecule is O=C(O)C1=C(Sc2snnc2CCl)CS[C@@H]2[C@H](NC(=O)/C(=N\OC(c3ccccc3)(c3ccccc3)c3ccccc3)C3=CSCN3NC(c3ccccc3)(c3ccccc3)c3ccccc3)C(=O)N12. The lowest BCUT2D eigenvalue weighted by molar-refractivity contribution is -0.150. The number of nitrogens with one attached hydrogen (secondary N) is 2. The number of oxime groups is 1. The number of carbonyl (C=O) groups excluding carboxylic acids is 2. The summed E-state index contributed by atoms with van der Waals surface area (Å²) in [5.41, 5.74) is 7.30. The summed E-state index contributed by atoms with van der Waals surface area (Å²) in [6, 6.07) is 58.4. The average Bonchev–Trinajstić information content (AvgIpc) is 4.08. The number of fused-ring (bicyclic) bond motifs is 1. The van der Waals surface area contributed by atoms with Gasteiger partial charge < -0.3 is 15.3 Å². The van der Waals surface area contributed by atoms with Crippen molar-refractivity contribution < 1.29 is 24.3 Å². The zero-order chi connectivity index (χ0) is 48.1. The third-order valence-corrected chi connectivity index (χ3v) is 16.7. The molecule has 17 heteroatoms. The third kappa shape index (κ3) is 8.80. The molecule has 350 valence electrons. The Morgan fingerprint density at radius 1 is 0.757 bits per heavy atom. The number of thioether (sulfide) groups is 3. The molecule has 3 aliphatic rings. The van der Waals surface area contributed by atoms with Crippen LogP contribution >= 0.6 is 58.4 Å². The first-order chi connectivity index (χ1) is 34.3. The van der Waals surface area contributed by atoms with Crippen LogP contribution in [-0.2, 0) is 36.2 Å². The number of halogens is 1. The Kier molecular flexibility index (Phi) is 13.9. The summed E-state index contributed by atoms with van der Waals surface area (Å²) in [6.45, 7) is 0. The molecular formula is C53H42ClN7O5S4. The van der Waals surface area contributed by atoms with E-state index in [0.717, 1.165) is 44.9 Å². The molecule has 3 N–H and O–H groups in total. The highest BCUT2D eigenvalue weighted by atomic mass is 35.5. The van der Waals surface area contributed by atoms with Crippen LogP contribution in [0.15, 0.2) is 213 Å². The summed E-state index contributed by atoms with van der Waals surface area (Å²) in [4.78, 5) is 51.3. The van der Waals surface area contributed by atoms with Gasteiger partial charge in [-0.2, -0.15) is 0 Å². The molecule has 7 aromatic rings. The Bertz CT molecular complexity index is 2900. The van der Waals surface area contributed by atoms with Crippen molar-refractivity contribution in [1.29, 1.82) is 0 Å². The lowest BCUT2D eigenvalue weighted by Crippen LogP contribution is -2.71. The maximum atomic E-state index is 15.4. The van der Waals surface area contributed by atoms with E-state index in [2.05, 4.69) is 56.7 Å². The number of rotatable bonds is 17. The first-order valence-corrected chi connectivity index (χ1v) is 26.3. The van der Waals surface area contributed by atoms with Crippen molar-refractivity contribution >= 4 is 81.9 Å². The van der Waals surface area contributed by atoms with Gasteiger partial charge in [0.25, 0.3) is 11.8 Å². The number of aliphatic carboxylic acids is 1. The van der Waals surface area contributed by atoms with E-state index in [4.69, 9.17) is 21.6 Å². The van der Waals surface area contributed by atoms with Crippen LogP contribution < -0.4 is 10.7 Å². The van der Waals surface area contributed by atoms with Crippen molar-refractivity contribution in [1.82, 2.24) is 30.2 Å². The van der Waals surface area contributed by atoms with Crippen molar-refractivity contribution in [2.75, 3.05) is 11.6 Å². The van der Waals surface area contributed by atoms with E-state index >= 15 is 4.79 Å². The van der Waals surface area contributed by atoms with E-state index in [9.17, 15) is 14.7 Å². The highest BCUT2D eigenvalue weighted by molar-refractivity contribution is 8.07. The van der Waals surface area contributed by atoms with Crippen LogP contribution in [0.25, 0.3) is 0 Å². The predicted molar refractivity (Wildman–Crippen MR) is 277 cm³/mol. The minimum absolute atomic E-state index is 0.103. The number of β-lactam (4-membered cyclic amide) rings is 1. The standard InChI is InChI=1S/C53H42ClN7O5S4/c54-31-41-51(70-59-56-41)69-43-33-68-49-45(48(63)61(49)46(43)50(64)65)55-47(62)44(57-66-53(38-25-13-4-14-26-38,39-27-15-5-16-28-39)40-29-17-6-18-30-40)42-32-67-34-60(42)58-52(35-19-7-1-8-20-35,36-21-9-2-10-22-36)37-23-11-3-12-24-37/h1-30,32,45,49,58H,31,33-34H2,(H,55,62)(H,64,65)/b57-44-/t45-,49-/m1/s1.